The first kappa shape index (κ1) is 29.6. The summed E-state index contributed by atoms with van der Waals surface area (Å²) in [5.74, 6) is -1.65. The van der Waals surface area contributed by atoms with Gasteiger partial charge in [-0.1, -0.05) is 42.5 Å². The number of benzene rings is 2. The lowest BCUT2D eigenvalue weighted by Gasteiger charge is -2.24. The van der Waals surface area contributed by atoms with E-state index in [1.54, 1.807) is 12.1 Å². The second-order valence-corrected chi connectivity index (χ2v) is 8.81. The maximum Gasteiger partial charge on any atom is 0.245 e. The van der Waals surface area contributed by atoms with Gasteiger partial charge >= 0.3 is 0 Å². The Labute approximate surface area is 221 Å². The lowest BCUT2D eigenvalue weighted by molar-refractivity contribution is -0.131. The molecular formula is C26H36N8O4. The van der Waals surface area contributed by atoms with Gasteiger partial charge < -0.3 is 38.7 Å². The number of aromatic hydroxyl groups is 1. The van der Waals surface area contributed by atoms with Crippen LogP contribution in [0.5, 0.6) is 5.75 Å². The number of nitrogens with one attached hydrogen (secondary N) is 2. The molecule has 0 fully saturated rings. The molecule has 0 bridgehead atoms. The fraction of sp³-hybridized carbons (Fsp3) is 0.346. The van der Waals surface area contributed by atoms with Crippen LogP contribution in [0, 0.1) is 0 Å². The molecule has 11 N–H and O–H groups in total. The SMILES string of the molecule is CC(=O)[C@H](Cc1ccccc1)NC(=O)[C@@H](CCCN=C(N)N)NC(=O)[C@H](Cc1ccc(O)cc1)N=C(N)N. The second-order valence-electron chi connectivity index (χ2n) is 8.81. The molecule has 2 amide bonds. The van der Waals surface area contributed by atoms with Crippen LogP contribution in [0.15, 0.2) is 64.6 Å². The van der Waals surface area contributed by atoms with Crippen LogP contribution in [-0.2, 0) is 27.2 Å². The van der Waals surface area contributed by atoms with E-state index < -0.39 is 29.9 Å². The summed E-state index contributed by atoms with van der Waals surface area (Å²) in [6.45, 7) is 1.64. The van der Waals surface area contributed by atoms with E-state index in [1.165, 1.54) is 19.1 Å². The van der Waals surface area contributed by atoms with Crippen molar-refractivity contribution in [3.05, 3.63) is 65.7 Å². The van der Waals surface area contributed by atoms with Crippen molar-refractivity contribution < 1.29 is 19.5 Å². The van der Waals surface area contributed by atoms with Gasteiger partial charge in [0.2, 0.25) is 11.8 Å². The van der Waals surface area contributed by atoms with Gasteiger partial charge in [-0.05, 0) is 49.4 Å². The van der Waals surface area contributed by atoms with Gasteiger partial charge in [-0.2, -0.15) is 0 Å². The molecule has 0 heterocycles. The maximum absolute atomic E-state index is 13.3. The topological polar surface area (TPSA) is 224 Å². The molecule has 0 spiro atoms. The highest BCUT2D eigenvalue weighted by molar-refractivity contribution is 5.94. The van der Waals surface area contributed by atoms with Crippen molar-refractivity contribution in [1.29, 1.82) is 0 Å². The highest BCUT2D eigenvalue weighted by atomic mass is 16.3. The predicted molar refractivity (Wildman–Crippen MR) is 146 cm³/mol. The van der Waals surface area contributed by atoms with Crippen LogP contribution in [0.2, 0.25) is 0 Å². The molecular weight excluding hydrogens is 488 g/mol. The number of hydrogen-bond donors (Lipinski definition) is 7. The fourth-order valence-corrected chi connectivity index (χ4v) is 3.69. The van der Waals surface area contributed by atoms with Gasteiger partial charge in [0, 0.05) is 13.0 Å². The van der Waals surface area contributed by atoms with E-state index in [0.29, 0.717) is 18.4 Å². The Morgan fingerprint density at radius 1 is 0.816 bits per heavy atom. The van der Waals surface area contributed by atoms with E-state index in [-0.39, 0.29) is 42.8 Å². The zero-order valence-corrected chi connectivity index (χ0v) is 21.3. The number of hydrogen-bond acceptors (Lipinski definition) is 6. The molecule has 0 saturated carbocycles. The lowest BCUT2D eigenvalue weighted by atomic mass is 10.0. The normalized spacial score (nSPS) is 12.9. The Morgan fingerprint density at radius 3 is 2.00 bits per heavy atom. The molecule has 0 radical (unpaired) electrons. The zero-order chi connectivity index (χ0) is 28.1. The van der Waals surface area contributed by atoms with Crippen molar-refractivity contribution in [1.82, 2.24) is 10.6 Å². The fourth-order valence-electron chi connectivity index (χ4n) is 3.69. The number of phenolic OH excluding ortho intramolecular Hbond substituents is 1. The van der Waals surface area contributed by atoms with Crippen molar-refractivity contribution in [2.75, 3.05) is 6.54 Å². The smallest absolute Gasteiger partial charge is 0.245 e. The van der Waals surface area contributed by atoms with Gasteiger partial charge in [-0.15, -0.1) is 0 Å². The summed E-state index contributed by atoms with van der Waals surface area (Å²) in [7, 11) is 0. The standard InChI is InChI=1S/C26H36N8O4/c1-16(35)21(14-17-6-3-2-4-7-17)33-23(37)20(8-5-13-31-25(27)28)32-24(38)22(34-26(29)30)15-18-9-11-19(36)12-10-18/h2-4,6-7,9-12,20-22,36H,5,8,13-15H2,1H3,(H,32,38)(H,33,37)(H4,27,28,31)(H4,29,30,34)/t20-,21+,22+/m1/s1. The largest absolute Gasteiger partial charge is 0.508 e. The number of amides is 2. The van der Waals surface area contributed by atoms with Crippen molar-refractivity contribution in [3.63, 3.8) is 0 Å². The molecule has 2 aromatic carbocycles. The number of nitrogens with two attached hydrogens (primary N) is 4. The molecule has 3 atom stereocenters. The molecule has 0 saturated heterocycles. The first-order valence-corrected chi connectivity index (χ1v) is 12.1. The summed E-state index contributed by atoms with van der Waals surface area (Å²) in [4.78, 5) is 46.8. The molecule has 38 heavy (non-hydrogen) atoms. The molecule has 2 rings (SSSR count). The summed E-state index contributed by atoms with van der Waals surface area (Å²) in [6.07, 6.45) is 0.993. The average molecular weight is 525 g/mol. The molecule has 0 aliphatic rings. The van der Waals surface area contributed by atoms with Crippen molar-refractivity contribution in [2.24, 2.45) is 32.9 Å². The van der Waals surface area contributed by atoms with E-state index in [2.05, 4.69) is 20.6 Å². The number of guanidine groups is 2. The van der Waals surface area contributed by atoms with Gasteiger partial charge in [-0.3, -0.25) is 19.4 Å². The molecule has 0 aliphatic heterocycles. The molecule has 12 heteroatoms. The van der Waals surface area contributed by atoms with Gasteiger partial charge in [0.05, 0.1) is 6.04 Å². The summed E-state index contributed by atoms with van der Waals surface area (Å²) in [6, 6.07) is 12.7. The molecule has 0 aromatic heterocycles. The number of Topliss-reactive ketones (excluding diaryl/α,β-unsaturated/α-hetero) is 1. The quantitative estimate of drug-likeness (QED) is 0.0960. The molecule has 0 unspecified atom stereocenters. The van der Waals surface area contributed by atoms with E-state index >= 15 is 0 Å². The number of aliphatic imine (C=N–C) groups is 2. The monoisotopic (exact) mass is 524 g/mol. The Bertz CT molecular complexity index is 1130. The molecule has 0 aliphatic carbocycles. The van der Waals surface area contributed by atoms with Crippen LogP contribution in [0.1, 0.15) is 30.9 Å². The van der Waals surface area contributed by atoms with Gasteiger partial charge in [-0.25, -0.2) is 4.99 Å². The highest BCUT2D eigenvalue weighted by Crippen LogP contribution is 2.13. The van der Waals surface area contributed by atoms with Gasteiger partial charge in [0.1, 0.15) is 17.8 Å². The molecule has 204 valence electrons. The van der Waals surface area contributed by atoms with Crippen molar-refractivity contribution >= 4 is 29.5 Å². The maximum atomic E-state index is 13.3. The Balaban J connectivity index is 2.21. The van der Waals surface area contributed by atoms with E-state index in [1.807, 2.05) is 30.3 Å². The number of ketones is 1. The number of carbonyl (C=O) groups excluding carboxylic acids is 3. The first-order valence-electron chi connectivity index (χ1n) is 12.1. The Kier molecular flexibility index (Phi) is 11.6. The number of phenols is 1. The average Bonchev–Trinajstić information content (AvgIpc) is 2.86. The second kappa shape index (κ2) is 14.8. The van der Waals surface area contributed by atoms with Crippen molar-refractivity contribution in [2.45, 2.75) is 50.7 Å². The number of rotatable bonds is 14. The Hall–Kier alpha value is -4.61. The van der Waals surface area contributed by atoms with Crippen LogP contribution in [-0.4, -0.2) is 59.3 Å². The van der Waals surface area contributed by atoms with Gasteiger partial charge in [0.15, 0.2) is 17.7 Å². The van der Waals surface area contributed by atoms with Crippen LogP contribution in [0.25, 0.3) is 0 Å². The number of nitrogens with zero attached hydrogens (tertiary/aromatic N) is 2. The van der Waals surface area contributed by atoms with Gasteiger partial charge in [0.25, 0.3) is 0 Å². The molecule has 2 aromatic rings. The highest BCUT2D eigenvalue weighted by Gasteiger charge is 2.28. The summed E-state index contributed by atoms with van der Waals surface area (Å²) < 4.78 is 0. The summed E-state index contributed by atoms with van der Waals surface area (Å²) in [5.41, 5.74) is 23.4. The lowest BCUT2D eigenvalue weighted by Crippen LogP contribution is -2.53. The number of carbonyl (C=O) groups is 3. The first-order chi connectivity index (χ1) is 18.0. The predicted octanol–water partition coefficient (Wildman–Crippen LogP) is -0.568. The van der Waals surface area contributed by atoms with E-state index in [9.17, 15) is 19.5 Å². The van der Waals surface area contributed by atoms with Crippen LogP contribution in [0.4, 0.5) is 0 Å². The third-order valence-electron chi connectivity index (χ3n) is 5.64. The molecule has 12 nitrogen and oxygen atoms in total. The van der Waals surface area contributed by atoms with Crippen LogP contribution >= 0.6 is 0 Å². The minimum absolute atomic E-state index is 0.0737. The Morgan fingerprint density at radius 2 is 1.42 bits per heavy atom. The minimum atomic E-state index is -1.04. The van der Waals surface area contributed by atoms with E-state index in [0.717, 1.165) is 5.56 Å². The van der Waals surface area contributed by atoms with E-state index in [4.69, 9.17) is 22.9 Å². The third-order valence-corrected chi connectivity index (χ3v) is 5.64. The third kappa shape index (κ3) is 10.6. The summed E-state index contributed by atoms with van der Waals surface area (Å²) in [5, 5.41) is 15.0. The summed E-state index contributed by atoms with van der Waals surface area (Å²) >= 11 is 0. The van der Waals surface area contributed by atoms with Crippen molar-refractivity contribution in [3.8, 4) is 5.75 Å². The minimum Gasteiger partial charge on any atom is -0.508 e. The van der Waals surface area contributed by atoms with Crippen LogP contribution in [0.3, 0.4) is 0 Å². The van der Waals surface area contributed by atoms with Crippen LogP contribution < -0.4 is 33.6 Å². The zero-order valence-electron chi connectivity index (χ0n) is 21.3.